The maximum atomic E-state index is 5.57. The molecule has 1 N–H and O–H groups in total. The maximum absolute atomic E-state index is 5.57. The zero-order valence-electron chi connectivity index (χ0n) is 10.9. The predicted molar refractivity (Wildman–Crippen MR) is 65.8 cm³/mol. The summed E-state index contributed by atoms with van der Waals surface area (Å²) >= 11 is 0. The highest BCUT2D eigenvalue weighted by Gasteiger charge is 2.25. The van der Waals surface area contributed by atoms with Gasteiger partial charge < -0.3 is 19.7 Å². The molecule has 2 unspecified atom stereocenters. The smallest absolute Gasteiger partial charge is 0.0589 e. The van der Waals surface area contributed by atoms with Crippen molar-refractivity contribution in [2.75, 3.05) is 53.6 Å². The van der Waals surface area contributed by atoms with Gasteiger partial charge in [0.05, 0.1) is 13.2 Å². The number of nitrogens with zero attached hydrogens (tertiary/aromatic N) is 1. The van der Waals surface area contributed by atoms with E-state index >= 15 is 0 Å². The molecule has 1 fully saturated rings. The quantitative estimate of drug-likeness (QED) is 0.694. The van der Waals surface area contributed by atoms with Crippen molar-refractivity contribution in [3.05, 3.63) is 0 Å². The van der Waals surface area contributed by atoms with Crippen molar-refractivity contribution in [1.82, 2.24) is 10.2 Å². The minimum Gasteiger partial charge on any atom is -0.383 e. The molecule has 2 atom stereocenters. The summed E-state index contributed by atoms with van der Waals surface area (Å²) in [5, 5.41) is 3.40. The van der Waals surface area contributed by atoms with E-state index in [0.717, 1.165) is 45.9 Å². The molecular weight excluding hydrogens is 204 g/mol. The number of methoxy groups -OCH3 is 1. The minimum atomic E-state index is 0.602. The molecule has 4 nitrogen and oxygen atoms in total. The Hall–Kier alpha value is -0.160. The van der Waals surface area contributed by atoms with Gasteiger partial charge in [-0.3, -0.25) is 0 Å². The van der Waals surface area contributed by atoms with Crippen LogP contribution in [0.1, 0.15) is 13.3 Å². The SMILES string of the molecule is CCN(CCOC)CC1COCCC1NC. The van der Waals surface area contributed by atoms with Gasteiger partial charge >= 0.3 is 0 Å². The number of rotatable bonds is 7. The molecule has 0 saturated carbocycles. The highest BCUT2D eigenvalue weighted by Crippen LogP contribution is 2.15. The number of nitrogens with one attached hydrogen (secondary N) is 1. The molecule has 0 radical (unpaired) electrons. The fraction of sp³-hybridized carbons (Fsp3) is 1.00. The molecule has 0 spiro atoms. The fourth-order valence-corrected chi connectivity index (χ4v) is 2.29. The number of hydrogen-bond acceptors (Lipinski definition) is 4. The van der Waals surface area contributed by atoms with Crippen LogP contribution in [0.15, 0.2) is 0 Å². The first-order chi connectivity index (χ1) is 7.81. The van der Waals surface area contributed by atoms with E-state index in [-0.39, 0.29) is 0 Å². The molecular formula is C12H26N2O2. The lowest BCUT2D eigenvalue weighted by molar-refractivity contribution is 0.0159. The zero-order chi connectivity index (χ0) is 11.8. The van der Waals surface area contributed by atoms with Crippen LogP contribution in [-0.2, 0) is 9.47 Å². The lowest BCUT2D eigenvalue weighted by atomic mass is 9.95. The third-order valence-corrected chi connectivity index (χ3v) is 3.40. The van der Waals surface area contributed by atoms with Crippen molar-refractivity contribution >= 4 is 0 Å². The van der Waals surface area contributed by atoms with Crippen LogP contribution in [0.4, 0.5) is 0 Å². The maximum Gasteiger partial charge on any atom is 0.0589 e. The summed E-state index contributed by atoms with van der Waals surface area (Å²) in [5.41, 5.74) is 0. The van der Waals surface area contributed by atoms with Crippen molar-refractivity contribution < 1.29 is 9.47 Å². The zero-order valence-corrected chi connectivity index (χ0v) is 10.9. The number of hydrogen-bond donors (Lipinski definition) is 1. The molecule has 1 aliphatic heterocycles. The molecule has 96 valence electrons. The second-order valence-corrected chi connectivity index (χ2v) is 4.40. The minimum absolute atomic E-state index is 0.602. The second-order valence-electron chi connectivity index (χ2n) is 4.40. The van der Waals surface area contributed by atoms with Crippen LogP contribution in [0.5, 0.6) is 0 Å². The van der Waals surface area contributed by atoms with Crippen LogP contribution in [0, 0.1) is 5.92 Å². The van der Waals surface area contributed by atoms with Gasteiger partial charge in [-0.25, -0.2) is 0 Å². The molecule has 4 heteroatoms. The van der Waals surface area contributed by atoms with Crippen LogP contribution in [0.3, 0.4) is 0 Å². The lowest BCUT2D eigenvalue weighted by Gasteiger charge is -2.35. The van der Waals surface area contributed by atoms with Crippen LogP contribution in [0.2, 0.25) is 0 Å². The molecule has 1 saturated heterocycles. The molecule has 0 aromatic carbocycles. The van der Waals surface area contributed by atoms with Gasteiger partial charge in [-0.1, -0.05) is 6.92 Å². The Labute approximate surface area is 99.3 Å². The van der Waals surface area contributed by atoms with E-state index in [9.17, 15) is 0 Å². The van der Waals surface area contributed by atoms with Gasteiger partial charge in [0, 0.05) is 38.8 Å². The van der Waals surface area contributed by atoms with Gasteiger partial charge in [-0.05, 0) is 20.0 Å². The van der Waals surface area contributed by atoms with Crippen molar-refractivity contribution in [1.29, 1.82) is 0 Å². The third-order valence-electron chi connectivity index (χ3n) is 3.40. The Balaban J connectivity index is 2.35. The van der Waals surface area contributed by atoms with E-state index in [1.54, 1.807) is 7.11 Å². The average molecular weight is 230 g/mol. The summed E-state index contributed by atoms with van der Waals surface area (Å²) in [7, 11) is 3.81. The average Bonchev–Trinajstić information content (AvgIpc) is 2.34. The van der Waals surface area contributed by atoms with Gasteiger partial charge in [0.15, 0.2) is 0 Å². The van der Waals surface area contributed by atoms with Crippen molar-refractivity contribution in [2.45, 2.75) is 19.4 Å². The standard InChI is InChI=1S/C12H26N2O2/c1-4-14(6-8-15-3)9-11-10-16-7-5-12(11)13-2/h11-13H,4-10H2,1-3H3. The van der Waals surface area contributed by atoms with Crippen molar-refractivity contribution in [2.24, 2.45) is 5.92 Å². The predicted octanol–water partition coefficient (Wildman–Crippen LogP) is 0.579. The van der Waals surface area contributed by atoms with E-state index in [2.05, 4.69) is 24.2 Å². The highest BCUT2D eigenvalue weighted by molar-refractivity contribution is 4.80. The molecule has 1 aliphatic rings. The summed E-state index contributed by atoms with van der Waals surface area (Å²) in [6.07, 6.45) is 1.13. The molecule has 0 aromatic heterocycles. The Morgan fingerprint density at radius 3 is 2.94 bits per heavy atom. The van der Waals surface area contributed by atoms with Gasteiger partial charge in [0.25, 0.3) is 0 Å². The first-order valence-corrected chi connectivity index (χ1v) is 6.28. The Morgan fingerprint density at radius 2 is 2.31 bits per heavy atom. The summed E-state index contributed by atoms with van der Waals surface area (Å²) in [5.74, 6) is 0.607. The molecule has 0 bridgehead atoms. The Bertz CT molecular complexity index is 178. The van der Waals surface area contributed by atoms with Crippen LogP contribution in [0.25, 0.3) is 0 Å². The Morgan fingerprint density at radius 1 is 1.50 bits per heavy atom. The van der Waals surface area contributed by atoms with Crippen molar-refractivity contribution in [3.63, 3.8) is 0 Å². The largest absolute Gasteiger partial charge is 0.383 e. The van der Waals surface area contributed by atoms with E-state index in [4.69, 9.17) is 9.47 Å². The molecule has 0 aromatic rings. The van der Waals surface area contributed by atoms with E-state index < -0.39 is 0 Å². The van der Waals surface area contributed by atoms with Crippen molar-refractivity contribution in [3.8, 4) is 0 Å². The number of ether oxygens (including phenoxy) is 2. The van der Waals surface area contributed by atoms with Gasteiger partial charge in [0.1, 0.15) is 0 Å². The fourth-order valence-electron chi connectivity index (χ4n) is 2.29. The first-order valence-electron chi connectivity index (χ1n) is 6.28. The van der Waals surface area contributed by atoms with E-state index in [0.29, 0.717) is 12.0 Å². The molecule has 0 amide bonds. The molecule has 1 rings (SSSR count). The second kappa shape index (κ2) is 8.01. The van der Waals surface area contributed by atoms with Crippen LogP contribution >= 0.6 is 0 Å². The summed E-state index contributed by atoms with van der Waals surface area (Å²) in [6, 6.07) is 0.602. The summed E-state index contributed by atoms with van der Waals surface area (Å²) < 4.78 is 10.7. The van der Waals surface area contributed by atoms with E-state index in [1.807, 2.05) is 0 Å². The summed E-state index contributed by atoms with van der Waals surface area (Å²) in [4.78, 5) is 2.44. The molecule has 1 heterocycles. The van der Waals surface area contributed by atoms with Gasteiger partial charge in [0.2, 0.25) is 0 Å². The Kier molecular flexibility index (Phi) is 6.96. The van der Waals surface area contributed by atoms with Crippen LogP contribution < -0.4 is 5.32 Å². The number of likely N-dealkylation sites (N-methyl/N-ethyl adjacent to an activating group) is 1. The lowest BCUT2D eigenvalue weighted by Crippen LogP contribution is -2.47. The summed E-state index contributed by atoms with van der Waals surface area (Å²) in [6.45, 7) is 7.99. The van der Waals surface area contributed by atoms with Gasteiger partial charge in [-0.15, -0.1) is 0 Å². The normalized spacial score (nSPS) is 26.2. The third kappa shape index (κ3) is 4.37. The topological polar surface area (TPSA) is 33.7 Å². The first kappa shape index (κ1) is 13.9. The van der Waals surface area contributed by atoms with Crippen LogP contribution in [-0.4, -0.2) is 64.6 Å². The molecule has 0 aliphatic carbocycles. The highest BCUT2D eigenvalue weighted by atomic mass is 16.5. The van der Waals surface area contributed by atoms with Gasteiger partial charge in [-0.2, -0.15) is 0 Å². The van der Waals surface area contributed by atoms with E-state index in [1.165, 1.54) is 0 Å². The monoisotopic (exact) mass is 230 g/mol. The molecule has 16 heavy (non-hydrogen) atoms.